The number of nitrogens with one attached hydrogen (secondary N) is 1. The molecular formula is C19H18N4O6S. The molecule has 10 nitrogen and oxygen atoms in total. The van der Waals surface area contributed by atoms with E-state index in [0.717, 1.165) is 5.56 Å². The molecule has 0 saturated heterocycles. The Hall–Kier alpha value is -3.44. The lowest BCUT2D eigenvalue weighted by atomic mass is 10.2. The molecule has 1 N–H and O–H groups in total. The Kier molecular flexibility index (Phi) is 5.14. The van der Waals surface area contributed by atoms with Crippen LogP contribution in [-0.2, 0) is 23.1 Å². The number of sulfonamides is 1. The number of hydrogen-bond donors (Lipinski definition) is 1. The zero-order valence-electron chi connectivity index (χ0n) is 16.2. The van der Waals surface area contributed by atoms with Crippen molar-refractivity contribution in [3.05, 3.63) is 70.3 Å². The SMILES string of the molecule is COc1cccc(CNS(=O)(=O)c2ccc3c(c2)oc(=O)n3Cc2noc(C)n2)c1. The van der Waals surface area contributed by atoms with Crippen LogP contribution in [0.1, 0.15) is 17.3 Å². The van der Waals surface area contributed by atoms with Crippen molar-refractivity contribution < 1.29 is 22.1 Å². The molecule has 0 unspecified atom stereocenters. The van der Waals surface area contributed by atoms with Crippen LogP contribution in [0.4, 0.5) is 0 Å². The lowest BCUT2D eigenvalue weighted by Gasteiger charge is -2.08. The topological polar surface area (TPSA) is 129 Å². The fourth-order valence-corrected chi connectivity index (χ4v) is 3.99. The monoisotopic (exact) mass is 430 g/mol. The minimum atomic E-state index is -3.83. The summed E-state index contributed by atoms with van der Waals surface area (Å²) in [5.41, 5.74) is 1.31. The molecular weight excluding hydrogens is 412 g/mol. The number of benzene rings is 2. The zero-order valence-corrected chi connectivity index (χ0v) is 17.0. The van der Waals surface area contributed by atoms with Gasteiger partial charge in [0.15, 0.2) is 11.4 Å². The maximum absolute atomic E-state index is 12.7. The van der Waals surface area contributed by atoms with E-state index < -0.39 is 15.8 Å². The van der Waals surface area contributed by atoms with Gasteiger partial charge in [0.1, 0.15) is 5.75 Å². The third-order valence-electron chi connectivity index (χ3n) is 4.42. The normalized spacial score (nSPS) is 11.8. The van der Waals surface area contributed by atoms with Crippen molar-refractivity contribution in [2.24, 2.45) is 0 Å². The summed E-state index contributed by atoms with van der Waals surface area (Å²) >= 11 is 0. The molecule has 0 aliphatic heterocycles. The van der Waals surface area contributed by atoms with E-state index in [1.54, 1.807) is 31.2 Å². The Balaban J connectivity index is 1.58. The van der Waals surface area contributed by atoms with Crippen LogP contribution >= 0.6 is 0 Å². The second-order valence-electron chi connectivity index (χ2n) is 6.49. The van der Waals surface area contributed by atoms with Crippen LogP contribution < -0.4 is 15.2 Å². The zero-order chi connectivity index (χ0) is 21.3. The number of aryl methyl sites for hydroxylation is 1. The highest BCUT2D eigenvalue weighted by atomic mass is 32.2. The second-order valence-corrected chi connectivity index (χ2v) is 8.26. The van der Waals surface area contributed by atoms with Crippen molar-refractivity contribution in [3.8, 4) is 5.75 Å². The van der Waals surface area contributed by atoms with E-state index in [1.807, 2.05) is 0 Å². The molecule has 2 heterocycles. The van der Waals surface area contributed by atoms with Crippen LogP contribution in [0.2, 0.25) is 0 Å². The maximum atomic E-state index is 12.7. The van der Waals surface area contributed by atoms with Gasteiger partial charge in [-0.3, -0.25) is 4.57 Å². The first-order valence-electron chi connectivity index (χ1n) is 8.91. The molecule has 0 spiro atoms. The Labute approximate surface area is 171 Å². The van der Waals surface area contributed by atoms with Crippen molar-refractivity contribution >= 4 is 21.1 Å². The summed E-state index contributed by atoms with van der Waals surface area (Å²) in [5.74, 6) is 0.676. The number of rotatable bonds is 7. The molecule has 11 heteroatoms. The van der Waals surface area contributed by atoms with Crippen LogP contribution in [0.25, 0.3) is 11.1 Å². The minimum absolute atomic E-state index is 0.0193. The second kappa shape index (κ2) is 7.76. The van der Waals surface area contributed by atoms with E-state index in [2.05, 4.69) is 14.9 Å². The fourth-order valence-electron chi connectivity index (χ4n) is 2.95. The van der Waals surface area contributed by atoms with Crippen LogP contribution in [0, 0.1) is 6.92 Å². The Morgan fingerprint density at radius 1 is 1.20 bits per heavy atom. The number of nitrogens with zero attached hydrogens (tertiary/aromatic N) is 3. The van der Waals surface area contributed by atoms with Gasteiger partial charge in [-0.15, -0.1) is 0 Å². The van der Waals surface area contributed by atoms with Crippen LogP contribution in [0.3, 0.4) is 0 Å². The van der Waals surface area contributed by atoms with Gasteiger partial charge < -0.3 is 13.7 Å². The molecule has 0 fully saturated rings. The fraction of sp³-hybridized carbons (Fsp3) is 0.211. The molecule has 4 rings (SSSR count). The summed E-state index contributed by atoms with van der Waals surface area (Å²) in [7, 11) is -2.29. The first-order chi connectivity index (χ1) is 14.4. The van der Waals surface area contributed by atoms with Gasteiger partial charge in [0.05, 0.1) is 24.1 Å². The highest BCUT2D eigenvalue weighted by molar-refractivity contribution is 7.89. The molecule has 0 aliphatic rings. The van der Waals surface area contributed by atoms with Gasteiger partial charge in [-0.2, -0.15) is 4.98 Å². The van der Waals surface area contributed by atoms with Crippen LogP contribution in [0.15, 0.2) is 61.1 Å². The molecule has 156 valence electrons. The van der Waals surface area contributed by atoms with Crippen LogP contribution in [-0.4, -0.2) is 30.2 Å². The van der Waals surface area contributed by atoms with Crippen molar-refractivity contribution in [1.29, 1.82) is 0 Å². The first-order valence-corrected chi connectivity index (χ1v) is 10.4. The predicted octanol–water partition coefficient (Wildman–Crippen LogP) is 1.82. The molecule has 0 atom stereocenters. The summed E-state index contributed by atoms with van der Waals surface area (Å²) in [6, 6.07) is 11.3. The van der Waals surface area contributed by atoms with Crippen molar-refractivity contribution in [2.75, 3.05) is 7.11 Å². The van der Waals surface area contributed by atoms with Gasteiger partial charge in [0, 0.05) is 19.5 Å². The van der Waals surface area contributed by atoms with E-state index in [1.165, 1.54) is 29.9 Å². The molecule has 0 aliphatic carbocycles. The number of fused-ring (bicyclic) bond motifs is 1. The summed E-state index contributed by atoms with van der Waals surface area (Å²) in [4.78, 5) is 16.3. The van der Waals surface area contributed by atoms with E-state index >= 15 is 0 Å². The number of oxazole rings is 1. The van der Waals surface area contributed by atoms with Gasteiger partial charge in [0.25, 0.3) is 0 Å². The summed E-state index contributed by atoms with van der Waals surface area (Å²) < 4.78 is 44.5. The predicted molar refractivity (Wildman–Crippen MR) is 106 cm³/mol. The third kappa shape index (κ3) is 3.98. The Morgan fingerprint density at radius 2 is 2.03 bits per heavy atom. The highest BCUT2D eigenvalue weighted by Crippen LogP contribution is 2.20. The third-order valence-corrected chi connectivity index (χ3v) is 5.82. The Morgan fingerprint density at radius 3 is 2.77 bits per heavy atom. The summed E-state index contributed by atoms with van der Waals surface area (Å²) in [6.45, 7) is 1.77. The standard InChI is InChI=1S/C19H18N4O6S/c1-12-21-18(22-29-12)11-23-16-7-6-15(9-17(16)28-19(23)24)30(25,26)20-10-13-4-3-5-14(8-13)27-2/h3-9,20H,10-11H2,1-2H3. The summed E-state index contributed by atoms with van der Waals surface area (Å²) in [6.07, 6.45) is 0. The average molecular weight is 430 g/mol. The highest BCUT2D eigenvalue weighted by Gasteiger charge is 2.18. The molecule has 0 radical (unpaired) electrons. The molecule has 0 saturated carbocycles. The average Bonchev–Trinajstić information content (AvgIpc) is 3.29. The van der Waals surface area contributed by atoms with Gasteiger partial charge >= 0.3 is 5.76 Å². The number of aromatic nitrogens is 3. The number of hydrogen-bond acceptors (Lipinski definition) is 8. The molecule has 2 aromatic carbocycles. The first kappa shape index (κ1) is 19.9. The van der Waals surface area contributed by atoms with E-state index in [-0.39, 0.29) is 23.6 Å². The van der Waals surface area contributed by atoms with E-state index in [4.69, 9.17) is 13.7 Å². The molecule has 30 heavy (non-hydrogen) atoms. The lowest BCUT2D eigenvalue weighted by Crippen LogP contribution is -2.23. The molecule has 4 aromatic rings. The molecule has 2 aromatic heterocycles. The molecule has 0 amide bonds. The van der Waals surface area contributed by atoms with Gasteiger partial charge in [-0.05, 0) is 29.8 Å². The number of methoxy groups -OCH3 is 1. The van der Waals surface area contributed by atoms with Gasteiger partial charge in [-0.25, -0.2) is 17.9 Å². The lowest BCUT2D eigenvalue weighted by molar-refractivity contribution is 0.385. The van der Waals surface area contributed by atoms with Crippen LogP contribution in [0.5, 0.6) is 5.75 Å². The Bertz CT molecular complexity index is 1370. The number of ether oxygens (including phenoxy) is 1. The molecule has 0 bridgehead atoms. The van der Waals surface area contributed by atoms with Gasteiger partial charge in [0.2, 0.25) is 15.9 Å². The smallest absolute Gasteiger partial charge is 0.420 e. The van der Waals surface area contributed by atoms with Crippen molar-refractivity contribution in [2.45, 2.75) is 24.9 Å². The quantitative estimate of drug-likeness (QED) is 0.470. The summed E-state index contributed by atoms with van der Waals surface area (Å²) in [5, 5.41) is 3.76. The van der Waals surface area contributed by atoms with Crippen molar-refractivity contribution in [3.63, 3.8) is 0 Å². The van der Waals surface area contributed by atoms with Gasteiger partial charge in [-0.1, -0.05) is 17.3 Å². The minimum Gasteiger partial charge on any atom is -0.497 e. The van der Waals surface area contributed by atoms with Crippen molar-refractivity contribution in [1.82, 2.24) is 19.4 Å². The maximum Gasteiger partial charge on any atom is 0.420 e. The van der Waals surface area contributed by atoms with E-state index in [9.17, 15) is 13.2 Å². The van der Waals surface area contributed by atoms with E-state index in [0.29, 0.717) is 23.0 Å². The largest absolute Gasteiger partial charge is 0.497 e.